The summed E-state index contributed by atoms with van der Waals surface area (Å²) in [7, 11) is 0. The van der Waals surface area contributed by atoms with Crippen LogP contribution in [0, 0.1) is 20.8 Å². The van der Waals surface area contributed by atoms with E-state index in [1.54, 1.807) is 10.7 Å². The Morgan fingerprint density at radius 2 is 1.80 bits per heavy atom. The summed E-state index contributed by atoms with van der Waals surface area (Å²) in [6.45, 7) is 5.95. The van der Waals surface area contributed by atoms with Crippen LogP contribution < -0.4 is 5.32 Å². The highest BCUT2D eigenvalue weighted by Crippen LogP contribution is 2.35. The van der Waals surface area contributed by atoms with Gasteiger partial charge in [0.2, 0.25) is 0 Å². The number of aryl methyl sites for hydroxylation is 3. The number of rotatable bonds is 5. The van der Waals surface area contributed by atoms with Crippen LogP contribution in [0.25, 0.3) is 5.69 Å². The predicted octanol–water partition coefficient (Wildman–Crippen LogP) is 2.92. The molecule has 0 unspecified atom stereocenters. The van der Waals surface area contributed by atoms with Gasteiger partial charge in [-0.2, -0.15) is 5.10 Å². The van der Waals surface area contributed by atoms with Gasteiger partial charge in [-0.3, -0.25) is 9.59 Å². The van der Waals surface area contributed by atoms with Gasteiger partial charge in [0.25, 0.3) is 5.91 Å². The number of nitrogens with one attached hydrogen (secondary N) is 1. The molecule has 1 aromatic carbocycles. The normalized spacial score (nSPS) is 15.5. The minimum atomic E-state index is -0.892. The van der Waals surface area contributed by atoms with Gasteiger partial charge in [-0.1, -0.05) is 6.07 Å². The zero-order valence-electron chi connectivity index (χ0n) is 14.8. The van der Waals surface area contributed by atoms with E-state index in [2.05, 4.69) is 16.5 Å². The van der Waals surface area contributed by atoms with Crippen LogP contribution >= 0.6 is 0 Å². The van der Waals surface area contributed by atoms with Crippen LogP contribution in [-0.4, -0.2) is 32.3 Å². The second-order valence-electron chi connectivity index (χ2n) is 7.09. The van der Waals surface area contributed by atoms with E-state index in [-0.39, 0.29) is 12.3 Å². The first-order valence-electron chi connectivity index (χ1n) is 8.48. The lowest BCUT2D eigenvalue weighted by Crippen LogP contribution is -2.54. The Balaban J connectivity index is 1.84. The fraction of sp³-hybridized carbons (Fsp3) is 0.421. The van der Waals surface area contributed by atoms with Crippen LogP contribution in [0.1, 0.15) is 53.0 Å². The van der Waals surface area contributed by atoms with E-state index in [4.69, 9.17) is 5.11 Å². The molecular weight excluding hydrogens is 318 g/mol. The first-order chi connectivity index (χ1) is 11.8. The molecule has 0 bridgehead atoms. The van der Waals surface area contributed by atoms with Gasteiger partial charge in [0.15, 0.2) is 5.69 Å². The van der Waals surface area contributed by atoms with Crippen molar-refractivity contribution in [1.29, 1.82) is 0 Å². The highest BCUT2D eigenvalue weighted by atomic mass is 16.4. The molecule has 1 saturated carbocycles. The Morgan fingerprint density at radius 1 is 1.16 bits per heavy atom. The smallest absolute Gasteiger partial charge is 0.305 e. The largest absolute Gasteiger partial charge is 0.481 e. The number of benzene rings is 1. The fourth-order valence-electron chi connectivity index (χ4n) is 3.46. The SMILES string of the molecule is Cc1cc(C)cc(-n2nc(C(=O)NC3(CC(=O)O)CCC3)cc2C)c1. The molecule has 1 amide bonds. The van der Waals surface area contributed by atoms with Crippen molar-refractivity contribution in [2.24, 2.45) is 0 Å². The first kappa shape index (κ1) is 17.2. The number of hydrogen-bond acceptors (Lipinski definition) is 3. The van der Waals surface area contributed by atoms with Crippen LogP contribution in [0.5, 0.6) is 0 Å². The number of carbonyl (C=O) groups is 2. The number of carboxylic acid groups (broad SMARTS) is 1. The number of hydrogen-bond donors (Lipinski definition) is 2. The second-order valence-corrected chi connectivity index (χ2v) is 7.09. The van der Waals surface area contributed by atoms with Gasteiger partial charge in [-0.15, -0.1) is 0 Å². The molecule has 0 atom stereocenters. The van der Waals surface area contributed by atoms with Crippen molar-refractivity contribution in [3.8, 4) is 5.69 Å². The highest BCUT2D eigenvalue weighted by Gasteiger charge is 2.40. The third-order valence-electron chi connectivity index (χ3n) is 4.75. The molecule has 1 heterocycles. The van der Waals surface area contributed by atoms with Gasteiger partial charge < -0.3 is 10.4 Å². The summed E-state index contributed by atoms with van der Waals surface area (Å²) < 4.78 is 1.75. The van der Waals surface area contributed by atoms with Gasteiger partial charge in [0, 0.05) is 5.69 Å². The van der Waals surface area contributed by atoms with E-state index in [0.29, 0.717) is 18.5 Å². The molecule has 1 aliphatic carbocycles. The molecule has 0 spiro atoms. The van der Waals surface area contributed by atoms with E-state index >= 15 is 0 Å². The predicted molar refractivity (Wildman–Crippen MR) is 94.1 cm³/mol. The highest BCUT2D eigenvalue weighted by molar-refractivity contribution is 5.93. The maximum atomic E-state index is 12.6. The minimum Gasteiger partial charge on any atom is -0.481 e. The van der Waals surface area contributed by atoms with Gasteiger partial charge in [0.1, 0.15) is 0 Å². The van der Waals surface area contributed by atoms with Crippen LogP contribution in [-0.2, 0) is 4.79 Å². The molecule has 132 valence electrons. The maximum absolute atomic E-state index is 12.6. The number of aromatic nitrogens is 2. The van der Waals surface area contributed by atoms with Crippen LogP contribution in [0.3, 0.4) is 0 Å². The van der Waals surface area contributed by atoms with Crippen LogP contribution in [0.15, 0.2) is 24.3 Å². The molecule has 2 N–H and O–H groups in total. The number of amides is 1. The Labute approximate surface area is 146 Å². The van der Waals surface area contributed by atoms with E-state index < -0.39 is 11.5 Å². The summed E-state index contributed by atoms with van der Waals surface area (Å²) in [5, 5.41) is 16.4. The number of nitrogens with zero attached hydrogens (tertiary/aromatic N) is 2. The van der Waals surface area contributed by atoms with Crippen molar-refractivity contribution < 1.29 is 14.7 Å². The van der Waals surface area contributed by atoms with Crippen molar-refractivity contribution in [3.05, 3.63) is 46.8 Å². The summed E-state index contributed by atoms with van der Waals surface area (Å²) in [4.78, 5) is 23.6. The van der Waals surface area contributed by atoms with E-state index in [0.717, 1.165) is 28.9 Å². The molecule has 6 nitrogen and oxygen atoms in total. The van der Waals surface area contributed by atoms with Gasteiger partial charge in [-0.25, -0.2) is 4.68 Å². The molecule has 0 saturated heterocycles. The summed E-state index contributed by atoms with van der Waals surface area (Å²) in [5.74, 6) is -1.20. The summed E-state index contributed by atoms with van der Waals surface area (Å²) in [6, 6.07) is 7.86. The van der Waals surface area contributed by atoms with E-state index in [1.807, 2.05) is 32.9 Å². The quantitative estimate of drug-likeness (QED) is 0.876. The average molecular weight is 341 g/mol. The Bertz CT molecular complexity index is 814. The summed E-state index contributed by atoms with van der Waals surface area (Å²) in [6.07, 6.45) is 2.28. The summed E-state index contributed by atoms with van der Waals surface area (Å²) >= 11 is 0. The fourth-order valence-corrected chi connectivity index (χ4v) is 3.46. The average Bonchev–Trinajstić information content (AvgIpc) is 2.85. The number of carbonyl (C=O) groups excluding carboxylic acids is 1. The molecule has 1 fully saturated rings. The minimum absolute atomic E-state index is 0.0461. The lowest BCUT2D eigenvalue weighted by molar-refractivity contribution is -0.139. The van der Waals surface area contributed by atoms with Crippen LogP contribution in [0.2, 0.25) is 0 Å². The molecule has 1 aromatic heterocycles. The molecule has 0 aliphatic heterocycles. The maximum Gasteiger partial charge on any atom is 0.305 e. The third-order valence-corrected chi connectivity index (χ3v) is 4.75. The van der Waals surface area contributed by atoms with E-state index in [1.165, 1.54) is 0 Å². The van der Waals surface area contributed by atoms with Crippen molar-refractivity contribution in [3.63, 3.8) is 0 Å². The van der Waals surface area contributed by atoms with Crippen molar-refractivity contribution in [1.82, 2.24) is 15.1 Å². The zero-order valence-corrected chi connectivity index (χ0v) is 14.8. The number of aliphatic carboxylic acids is 1. The lowest BCUT2D eigenvalue weighted by atomic mass is 9.74. The van der Waals surface area contributed by atoms with Crippen molar-refractivity contribution in [2.45, 2.75) is 52.0 Å². The molecule has 1 aliphatic rings. The van der Waals surface area contributed by atoms with Gasteiger partial charge in [0.05, 0.1) is 17.6 Å². The molecule has 3 rings (SSSR count). The molecule has 2 aromatic rings. The zero-order chi connectivity index (χ0) is 18.2. The van der Waals surface area contributed by atoms with Gasteiger partial charge in [-0.05, 0) is 69.4 Å². The standard InChI is InChI=1S/C19H23N3O3/c1-12-7-13(2)9-15(8-12)22-14(3)10-16(21-22)18(25)20-19(5-4-6-19)11-17(23)24/h7-10H,4-6,11H2,1-3H3,(H,20,25)(H,23,24). The topological polar surface area (TPSA) is 84.2 Å². The lowest BCUT2D eigenvalue weighted by Gasteiger charge is -2.41. The van der Waals surface area contributed by atoms with Crippen molar-refractivity contribution in [2.75, 3.05) is 0 Å². The Kier molecular flexibility index (Phi) is 4.37. The van der Waals surface area contributed by atoms with Crippen molar-refractivity contribution >= 4 is 11.9 Å². The molecular formula is C19H23N3O3. The first-order valence-corrected chi connectivity index (χ1v) is 8.48. The molecule has 6 heteroatoms. The van der Waals surface area contributed by atoms with Crippen LogP contribution in [0.4, 0.5) is 0 Å². The Hall–Kier alpha value is -2.63. The second kappa shape index (κ2) is 6.35. The molecule has 25 heavy (non-hydrogen) atoms. The Morgan fingerprint density at radius 3 is 2.32 bits per heavy atom. The summed E-state index contributed by atoms with van der Waals surface area (Å²) in [5.41, 5.74) is 3.72. The van der Waals surface area contributed by atoms with Gasteiger partial charge >= 0.3 is 5.97 Å². The third kappa shape index (κ3) is 3.57. The number of carboxylic acids is 1. The van der Waals surface area contributed by atoms with E-state index in [9.17, 15) is 9.59 Å². The molecule has 0 radical (unpaired) electrons. The monoisotopic (exact) mass is 341 g/mol.